The Kier molecular flexibility index (Phi) is 5.91. The molecule has 0 unspecified atom stereocenters. The fraction of sp³-hybridized carbons (Fsp3) is 0.0952. The average Bonchev–Trinajstić information content (AvgIpc) is 2.72. The van der Waals surface area contributed by atoms with Gasteiger partial charge >= 0.3 is 0 Å². The molecule has 3 N–H and O–H groups in total. The number of pyridine rings is 1. The van der Waals surface area contributed by atoms with E-state index >= 15 is 0 Å². The van der Waals surface area contributed by atoms with Crippen LogP contribution in [0.3, 0.4) is 0 Å². The number of carbonyl (C=O) groups is 1. The Labute approximate surface area is 167 Å². The van der Waals surface area contributed by atoms with E-state index in [9.17, 15) is 4.79 Å². The molecule has 0 spiro atoms. The average molecular weight is 395 g/mol. The molecule has 0 bridgehead atoms. The van der Waals surface area contributed by atoms with E-state index in [2.05, 4.69) is 15.3 Å². The minimum Gasteiger partial charge on any atom is -0.497 e. The lowest BCUT2D eigenvalue weighted by Crippen LogP contribution is -2.30. The molecule has 7 heteroatoms. The Balaban J connectivity index is 1.84. The standard InChI is InChI=1S/C21H19ClN4O2/c1-24-20(12-18(23)13-5-3-7-15(9-13)28-2)26-21(27)16-11-19-14(10-17(16)22)6-4-8-25-19/h3-12H,23H2,1-2H3,(H,24,26,27)/b18-12-. The summed E-state index contributed by atoms with van der Waals surface area (Å²) < 4.78 is 5.20. The molecule has 1 amide bonds. The van der Waals surface area contributed by atoms with Crippen molar-refractivity contribution in [1.82, 2.24) is 10.3 Å². The van der Waals surface area contributed by atoms with Gasteiger partial charge in [-0.2, -0.15) is 0 Å². The Bertz CT molecular complexity index is 1090. The monoisotopic (exact) mass is 394 g/mol. The van der Waals surface area contributed by atoms with Crippen LogP contribution in [0.1, 0.15) is 15.9 Å². The molecule has 0 aliphatic heterocycles. The van der Waals surface area contributed by atoms with Crippen LogP contribution in [-0.2, 0) is 0 Å². The number of aromatic nitrogens is 1. The summed E-state index contributed by atoms with van der Waals surface area (Å²) in [5, 5.41) is 3.92. The SMILES string of the molecule is CN=C(/C=C(\N)c1cccc(OC)c1)NC(=O)c1cc2ncccc2cc1Cl. The molecule has 142 valence electrons. The summed E-state index contributed by atoms with van der Waals surface area (Å²) in [5.74, 6) is 0.596. The number of ether oxygens (including phenoxy) is 1. The Morgan fingerprint density at radius 1 is 1.25 bits per heavy atom. The third-order valence-electron chi connectivity index (χ3n) is 4.11. The molecule has 28 heavy (non-hydrogen) atoms. The largest absolute Gasteiger partial charge is 0.497 e. The number of fused-ring (bicyclic) bond motifs is 1. The van der Waals surface area contributed by atoms with Crippen molar-refractivity contribution in [3.63, 3.8) is 0 Å². The molecule has 3 aromatic rings. The van der Waals surface area contributed by atoms with Crippen molar-refractivity contribution in [2.75, 3.05) is 14.2 Å². The molecule has 0 aliphatic carbocycles. The maximum absolute atomic E-state index is 12.7. The van der Waals surface area contributed by atoms with E-state index in [1.54, 1.807) is 44.6 Å². The van der Waals surface area contributed by atoms with Crippen LogP contribution in [0.25, 0.3) is 16.6 Å². The lowest BCUT2D eigenvalue weighted by atomic mass is 10.1. The van der Waals surface area contributed by atoms with Crippen LogP contribution in [-0.4, -0.2) is 30.9 Å². The molecular weight excluding hydrogens is 376 g/mol. The second-order valence-electron chi connectivity index (χ2n) is 5.92. The highest BCUT2D eigenvalue weighted by Crippen LogP contribution is 2.23. The van der Waals surface area contributed by atoms with Gasteiger partial charge in [0.15, 0.2) is 0 Å². The predicted molar refractivity (Wildman–Crippen MR) is 113 cm³/mol. The number of rotatable bonds is 4. The van der Waals surface area contributed by atoms with E-state index < -0.39 is 5.91 Å². The molecule has 1 heterocycles. The van der Waals surface area contributed by atoms with Crippen LogP contribution < -0.4 is 15.8 Å². The van der Waals surface area contributed by atoms with Crippen LogP contribution in [0.5, 0.6) is 5.75 Å². The highest BCUT2D eigenvalue weighted by Gasteiger charge is 2.14. The third-order valence-corrected chi connectivity index (χ3v) is 4.43. The maximum atomic E-state index is 12.7. The van der Waals surface area contributed by atoms with Gasteiger partial charge in [0.2, 0.25) is 0 Å². The number of nitrogens with two attached hydrogens (primary N) is 1. The van der Waals surface area contributed by atoms with Crippen LogP contribution in [0.4, 0.5) is 0 Å². The van der Waals surface area contributed by atoms with Crippen LogP contribution in [0.15, 0.2) is 65.8 Å². The van der Waals surface area contributed by atoms with Crippen molar-refractivity contribution >= 4 is 39.9 Å². The predicted octanol–water partition coefficient (Wildman–Crippen LogP) is 3.65. The molecular formula is C21H19ClN4O2. The molecule has 0 saturated heterocycles. The fourth-order valence-corrected chi connectivity index (χ4v) is 2.90. The first-order valence-electron chi connectivity index (χ1n) is 8.46. The topological polar surface area (TPSA) is 89.6 Å². The fourth-order valence-electron chi connectivity index (χ4n) is 2.64. The second kappa shape index (κ2) is 8.54. The molecule has 3 rings (SSSR count). The van der Waals surface area contributed by atoms with E-state index in [1.807, 2.05) is 30.3 Å². The summed E-state index contributed by atoms with van der Waals surface area (Å²) in [4.78, 5) is 21.1. The van der Waals surface area contributed by atoms with Gasteiger partial charge < -0.3 is 15.8 Å². The summed E-state index contributed by atoms with van der Waals surface area (Å²) >= 11 is 6.28. The first-order valence-corrected chi connectivity index (χ1v) is 8.83. The Morgan fingerprint density at radius 2 is 2.07 bits per heavy atom. The van der Waals surface area contributed by atoms with E-state index in [0.29, 0.717) is 33.4 Å². The maximum Gasteiger partial charge on any atom is 0.258 e. The summed E-state index contributed by atoms with van der Waals surface area (Å²) in [7, 11) is 3.15. The van der Waals surface area contributed by atoms with Gasteiger partial charge in [-0.3, -0.25) is 14.8 Å². The lowest BCUT2D eigenvalue weighted by molar-refractivity contribution is 0.0977. The molecule has 1 aromatic heterocycles. The number of benzene rings is 2. The number of amides is 1. The lowest BCUT2D eigenvalue weighted by Gasteiger charge is -2.09. The van der Waals surface area contributed by atoms with Crippen LogP contribution in [0.2, 0.25) is 5.02 Å². The number of hydrogen-bond acceptors (Lipinski definition) is 5. The number of nitrogens with zero attached hydrogens (tertiary/aromatic N) is 2. The number of carbonyl (C=O) groups excluding carboxylic acids is 1. The molecule has 2 aromatic carbocycles. The smallest absolute Gasteiger partial charge is 0.258 e. The van der Waals surface area contributed by atoms with Gasteiger partial charge in [-0.05, 0) is 30.3 Å². The highest BCUT2D eigenvalue weighted by atomic mass is 35.5. The van der Waals surface area contributed by atoms with Crippen molar-refractivity contribution in [3.05, 3.63) is 77.0 Å². The van der Waals surface area contributed by atoms with Gasteiger partial charge in [-0.1, -0.05) is 29.8 Å². The first-order chi connectivity index (χ1) is 13.5. The van der Waals surface area contributed by atoms with E-state index in [1.165, 1.54) is 0 Å². The van der Waals surface area contributed by atoms with Gasteiger partial charge in [-0.25, -0.2) is 0 Å². The van der Waals surface area contributed by atoms with Crippen LogP contribution in [0, 0.1) is 0 Å². The van der Waals surface area contributed by atoms with Crippen molar-refractivity contribution in [2.24, 2.45) is 10.7 Å². The molecule has 0 aliphatic rings. The van der Waals surface area contributed by atoms with Crippen molar-refractivity contribution < 1.29 is 9.53 Å². The minimum absolute atomic E-state index is 0.308. The number of hydrogen-bond donors (Lipinski definition) is 2. The van der Waals surface area contributed by atoms with Gasteiger partial charge in [0.1, 0.15) is 11.6 Å². The number of aliphatic imine (C=N–C) groups is 1. The zero-order valence-electron chi connectivity index (χ0n) is 15.4. The van der Waals surface area contributed by atoms with Crippen molar-refractivity contribution in [1.29, 1.82) is 0 Å². The number of methoxy groups -OCH3 is 1. The number of nitrogens with one attached hydrogen (secondary N) is 1. The van der Waals surface area contributed by atoms with Gasteiger partial charge in [0, 0.05) is 36.0 Å². The Morgan fingerprint density at radius 3 is 2.82 bits per heavy atom. The summed E-state index contributed by atoms with van der Waals surface area (Å²) in [5.41, 5.74) is 8.33. The van der Waals surface area contributed by atoms with Crippen LogP contribution >= 0.6 is 11.6 Å². The molecule has 6 nitrogen and oxygen atoms in total. The molecule has 0 saturated carbocycles. The molecule has 0 radical (unpaired) electrons. The van der Waals surface area contributed by atoms with Crippen molar-refractivity contribution in [2.45, 2.75) is 0 Å². The second-order valence-corrected chi connectivity index (χ2v) is 6.33. The Hall–Kier alpha value is -3.38. The van der Waals surface area contributed by atoms with E-state index in [0.717, 1.165) is 10.9 Å². The highest BCUT2D eigenvalue weighted by molar-refractivity contribution is 6.35. The van der Waals surface area contributed by atoms with Crippen molar-refractivity contribution in [3.8, 4) is 5.75 Å². The normalized spacial score (nSPS) is 12.1. The van der Waals surface area contributed by atoms with Gasteiger partial charge in [-0.15, -0.1) is 0 Å². The quantitative estimate of drug-likeness (QED) is 0.522. The summed E-state index contributed by atoms with van der Waals surface area (Å²) in [6.45, 7) is 0. The number of amidine groups is 1. The number of halogens is 1. The summed E-state index contributed by atoms with van der Waals surface area (Å²) in [6, 6.07) is 14.3. The zero-order chi connectivity index (χ0) is 20.1. The van der Waals surface area contributed by atoms with E-state index in [-0.39, 0.29) is 0 Å². The molecule has 0 fully saturated rings. The van der Waals surface area contributed by atoms with Gasteiger partial charge in [0.25, 0.3) is 5.91 Å². The minimum atomic E-state index is -0.396. The van der Waals surface area contributed by atoms with Gasteiger partial charge in [0.05, 0.1) is 23.2 Å². The third kappa shape index (κ3) is 4.29. The first kappa shape index (κ1) is 19.4. The zero-order valence-corrected chi connectivity index (χ0v) is 16.2. The molecule has 0 atom stereocenters. The summed E-state index contributed by atoms with van der Waals surface area (Å²) in [6.07, 6.45) is 3.24. The van der Waals surface area contributed by atoms with E-state index in [4.69, 9.17) is 22.1 Å².